The number of benzene rings is 2. The van der Waals surface area contributed by atoms with Gasteiger partial charge in [-0.2, -0.15) is 0 Å². The number of carbonyl (C=O) groups excluding carboxylic acids is 1. The minimum absolute atomic E-state index is 0.0700. The molecule has 1 aliphatic carbocycles. The molecule has 0 saturated heterocycles. The van der Waals surface area contributed by atoms with E-state index in [4.69, 9.17) is 0 Å². The van der Waals surface area contributed by atoms with Crippen molar-refractivity contribution >= 4 is 15.7 Å². The summed E-state index contributed by atoms with van der Waals surface area (Å²) < 4.78 is 24.9. The van der Waals surface area contributed by atoms with Crippen LogP contribution >= 0.6 is 0 Å². The highest BCUT2D eigenvalue weighted by molar-refractivity contribution is 7.90. The maximum absolute atomic E-state index is 12.6. The van der Waals surface area contributed by atoms with Crippen LogP contribution in [-0.2, 0) is 15.6 Å². The van der Waals surface area contributed by atoms with Crippen LogP contribution in [0, 0.1) is 5.92 Å². The van der Waals surface area contributed by atoms with Crippen molar-refractivity contribution in [1.82, 2.24) is 5.32 Å². The fraction of sp³-hybridized carbons (Fsp3) is 0.409. The lowest BCUT2D eigenvalue weighted by Gasteiger charge is -2.31. The summed E-state index contributed by atoms with van der Waals surface area (Å²) in [5.74, 6) is 0.412. The van der Waals surface area contributed by atoms with E-state index < -0.39 is 9.84 Å². The third-order valence-corrected chi connectivity index (χ3v) is 7.13. The summed E-state index contributed by atoms with van der Waals surface area (Å²) >= 11 is 0. The van der Waals surface area contributed by atoms with Gasteiger partial charge in [-0.25, -0.2) is 8.42 Å². The first-order valence-corrected chi connectivity index (χ1v) is 11.3. The minimum Gasteiger partial charge on any atom is -0.349 e. The molecule has 2 atom stereocenters. The van der Waals surface area contributed by atoms with Gasteiger partial charge in [0.15, 0.2) is 9.84 Å². The van der Waals surface area contributed by atoms with Crippen LogP contribution in [0.2, 0.25) is 0 Å². The van der Waals surface area contributed by atoms with Crippen LogP contribution in [0.25, 0.3) is 0 Å². The molecule has 2 aromatic rings. The Morgan fingerprint density at radius 3 is 2.33 bits per heavy atom. The highest BCUT2D eigenvalue weighted by atomic mass is 32.2. The van der Waals surface area contributed by atoms with Gasteiger partial charge in [0.05, 0.1) is 10.6 Å². The van der Waals surface area contributed by atoms with Crippen molar-refractivity contribution in [2.75, 3.05) is 0 Å². The number of rotatable bonds is 6. The molecule has 2 aromatic carbocycles. The van der Waals surface area contributed by atoms with Gasteiger partial charge in [0.25, 0.3) is 5.91 Å². The molecule has 1 N–H and O–H groups in total. The summed E-state index contributed by atoms with van der Waals surface area (Å²) in [5.41, 5.74) is 1.26. The minimum atomic E-state index is -3.38. The molecule has 1 aliphatic rings. The molecule has 1 amide bonds. The zero-order chi connectivity index (χ0) is 19.3. The van der Waals surface area contributed by atoms with Crippen LogP contribution in [-0.4, -0.2) is 20.4 Å². The molecule has 5 heteroatoms. The van der Waals surface area contributed by atoms with Gasteiger partial charge < -0.3 is 5.32 Å². The van der Waals surface area contributed by atoms with Crippen molar-refractivity contribution in [3.63, 3.8) is 0 Å². The van der Waals surface area contributed by atoms with Crippen LogP contribution in [0.4, 0.5) is 0 Å². The number of hydrogen-bond acceptors (Lipinski definition) is 3. The maximum Gasteiger partial charge on any atom is 0.251 e. The highest BCUT2D eigenvalue weighted by Crippen LogP contribution is 2.27. The zero-order valence-corrected chi connectivity index (χ0v) is 16.5. The van der Waals surface area contributed by atoms with Crippen molar-refractivity contribution in [1.29, 1.82) is 0 Å². The Bertz CT molecular complexity index is 860. The molecule has 0 bridgehead atoms. The Kier molecular flexibility index (Phi) is 6.32. The smallest absolute Gasteiger partial charge is 0.251 e. The van der Waals surface area contributed by atoms with Crippen molar-refractivity contribution in [3.8, 4) is 0 Å². The molecule has 0 heterocycles. The van der Waals surface area contributed by atoms with E-state index in [1.807, 2.05) is 0 Å². The molecule has 3 rings (SSSR count). The van der Waals surface area contributed by atoms with Gasteiger partial charge in [0, 0.05) is 11.6 Å². The Balaban J connectivity index is 1.65. The second kappa shape index (κ2) is 8.70. The lowest BCUT2D eigenvalue weighted by Crippen LogP contribution is -2.41. The molecule has 4 nitrogen and oxygen atoms in total. The van der Waals surface area contributed by atoms with Gasteiger partial charge in [-0.3, -0.25) is 4.79 Å². The number of sulfone groups is 1. The predicted octanol–water partition coefficient (Wildman–Crippen LogP) is 4.36. The van der Waals surface area contributed by atoms with Gasteiger partial charge in [-0.1, -0.05) is 56.5 Å². The van der Waals surface area contributed by atoms with Gasteiger partial charge in [-0.05, 0) is 48.6 Å². The monoisotopic (exact) mass is 385 g/mol. The normalized spacial score (nSPS) is 20.2. The molecule has 144 valence electrons. The lowest BCUT2D eigenvalue weighted by molar-refractivity contribution is 0.0904. The van der Waals surface area contributed by atoms with Gasteiger partial charge in [0.1, 0.15) is 0 Å². The van der Waals surface area contributed by atoms with Crippen molar-refractivity contribution < 1.29 is 13.2 Å². The topological polar surface area (TPSA) is 63.2 Å². The Morgan fingerprint density at radius 2 is 1.67 bits per heavy atom. The summed E-state index contributed by atoms with van der Waals surface area (Å²) in [7, 11) is -3.38. The largest absolute Gasteiger partial charge is 0.349 e. The summed E-state index contributed by atoms with van der Waals surface area (Å²) in [6.07, 6.45) is 5.71. The fourth-order valence-electron chi connectivity index (χ4n) is 3.82. The Hall–Kier alpha value is -2.14. The van der Waals surface area contributed by atoms with Gasteiger partial charge in [-0.15, -0.1) is 0 Å². The number of carbonyl (C=O) groups is 1. The van der Waals surface area contributed by atoms with Crippen LogP contribution in [0.15, 0.2) is 59.5 Å². The van der Waals surface area contributed by atoms with Gasteiger partial charge in [0.2, 0.25) is 0 Å². The van der Waals surface area contributed by atoms with E-state index in [1.54, 1.807) is 54.6 Å². The van der Waals surface area contributed by atoms with Crippen LogP contribution in [0.3, 0.4) is 0 Å². The SMILES string of the molecule is CC[C@@H]1CCCC[C@@H]1NC(=O)c1ccc(CS(=O)(=O)c2ccccc2)cc1. The van der Waals surface area contributed by atoms with E-state index >= 15 is 0 Å². The number of hydrogen-bond donors (Lipinski definition) is 1. The quantitative estimate of drug-likeness (QED) is 0.804. The Morgan fingerprint density at radius 1 is 1.00 bits per heavy atom. The molecule has 0 unspecified atom stereocenters. The summed E-state index contributed by atoms with van der Waals surface area (Å²) in [5, 5.41) is 3.17. The molecule has 0 radical (unpaired) electrons. The average molecular weight is 386 g/mol. The van der Waals surface area contributed by atoms with E-state index in [0.717, 1.165) is 19.3 Å². The second-order valence-corrected chi connectivity index (χ2v) is 9.29. The first-order valence-electron chi connectivity index (χ1n) is 9.67. The molecule has 0 aliphatic heterocycles. The molecule has 0 aromatic heterocycles. The average Bonchev–Trinajstić information content (AvgIpc) is 2.69. The first kappa shape index (κ1) is 19.6. The summed E-state index contributed by atoms with van der Waals surface area (Å²) in [6, 6.07) is 15.6. The van der Waals surface area contributed by atoms with Crippen LogP contribution in [0.5, 0.6) is 0 Å². The summed E-state index contributed by atoms with van der Waals surface area (Å²) in [4.78, 5) is 12.9. The lowest BCUT2D eigenvalue weighted by atomic mass is 9.83. The predicted molar refractivity (Wildman–Crippen MR) is 107 cm³/mol. The maximum atomic E-state index is 12.6. The van der Waals surface area contributed by atoms with E-state index in [9.17, 15) is 13.2 Å². The van der Waals surface area contributed by atoms with Crippen LogP contribution in [0.1, 0.15) is 54.9 Å². The zero-order valence-electron chi connectivity index (χ0n) is 15.7. The van der Waals surface area contributed by atoms with Crippen molar-refractivity contribution in [2.24, 2.45) is 5.92 Å². The molecular formula is C22H27NO3S. The van der Waals surface area contributed by atoms with E-state index in [2.05, 4.69) is 12.2 Å². The first-order chi connectivity index (χ1) is 13.0. The van der Waals surface area contributed by atoms with E-state index in [-0.39, 0.29) is 17.7 Å². The van der Waals surface area contributed by atoms with Gasteiger partial charge >= 0.3 is 0 Å². The number of amides is 1. The molecule has 1 fully saturated rings. The van der Waals surface area contributed by atoms with E-state index in [1.165, 1.54) is 12.8 Å². The third-order valence-electron chi connectivity index (χ3n) is 5.43. The molecule has 1 saturated carbocycles. The third kappa shape index (κ3) is 4.98. The number of nitrogens with one attached hydrogen (secondary N) is 1. The van der Waals surface area contributed by atoms with Crippen LogP contribution < -0.4 is 5.32 Å². The Labute approximate surface area is 161 Å². The van der Waals surface area contributed by atoms with Crippen molar-refractivity contribution in [2.45, 2.75) is 55.7 Å². The van der Waals surface area contributed by atoms with Crippen molar-refractivity contribution in [3.05, 3.63) is 65.7 Å². The molecule has 0 spiro atoms. The molecule has 27 heavy (non-hydrogen) atoms. The standard InChI is InChI=1S/C22H27NO3S/c1-2-18-8-6-7-11-21(18)23-22(24)19-14-12-17(13-15-19)16-27(25,26)20-9-4-3-5-10-20/h3-5,9-10,12-15,18,21H,2,6-8,11,16H2,1H3,(H,23,24)/t18-,21+/m1/s1. The van der Waals surface area contributed by atoms with E-state index in [0.29, 0.717) is 21.9 Å². The summed E-state index contributed by atoms with van der Waals surface area (Å²) in [6.45, 7) is 2.18. The fourth-order valence-corrected chi connectivity index (χ4v) is 5.19. The highest BCUT2D eigenvalue weighted by Gasteiger charge is 2.25. The molecular weight excluding hydrogens is 358 g/mol. The second-order valence-electron chi connectivity index (χ2n) is 7.30.